The van der Waals surface area contributed by atoms with E-state index in [0.29, 0.717) is 0 Å². The molecule has 0 bridgehead atoms. The Balaban J connectivity index is 2.49. The molecule has 1 aliphatic heterocycles. The fourth-order valence-corrected chi connectivity index (χ4v) is 1.44. The van der Waals surface area contributed by atoms with Gasteiger partial charge in [0.25, 0.3) is 0 Å². The standard InChI is InChI=1S/C10H7F3O2/c11-10(12,13)6-1-2-9-7(5-6)8(14)3-4-15-9/h1-2,5H,3-4H2. The number of Topliss-reactive ketones (excluding diaryl/α,β-unsaturated/α-hetero) is 1. The first-order chi connectivity index (χ1) is 6.98. The second-order valence-corrected chi connectivity index (χ2v) is 3.23. The molecular formula is C10H7F3O2. The third kappa shape index (κ3) is 1.82. The lowest BCUT2D eigenvalue weighted by atomic mass is 10.0. The monoisotopic (exact) mass is 216 g/mol. The first-order valence-corrected chi connectivity index (χ1v) is 4.36. The highest BCUT2D eigenvalue weighted by molar-refractivity contribution is 5.99. The van der Waals surface area contributed by atoms with Crippen molar-refractivity contribution < 1.29 is 22.7 Å². The number of rotatable bonds is 0. The molecule has 15 heavy (non-hydrogen) atoms. The number of ketones is 1. The van der Waals surface area contributed by atoms with Gasteiger partial charge in [-0.1, -0.05) is 0 Å². The van der Waals surface area contributed by atoms with Gasteiger partial charge in [0.15, 0.2) is 5.78 Å². The largest absolute Gasteiger partial charge is 0.492 e. The van der Waals surface area contributed by atoms with E-state index in [1.807, 2.05) is 0 Å². The number of alkyl halides is 3. The van der Waals surface area contributed by atoms with Crippen LogP contribution in [0.4, 0.5) is 13.2 Å². The number of fused-ring (bicyclic) bond motifs is 1. The van der Waals surface area contributed by atoms with E-state index in [1.165, 1.54) is 6.07 Å². The number of hydrogen-bond acceptors (Lipinski definition) is 2. The molecule has 0 saturated carbocycles. The van der Waals surface area contributed by atoms with Crippen LogP contribution in [0.3, 0.4) is 0 Å². The highest BCUT2D eigenvalue weighted by Crippen LogP contribution is 2.34. The van der Waals surface area contributed by atoms with Gasteiger partial charge in [0.05, 0.1) is 17.7 Å². The molecular weight excluding hydrogens is 209 g/mol. The zero-order chi connectivity index (χ0) is 11.1. The molecule has 0 N–H and O–H groups in total. The van der Waals surface area contributed by atoms with E-state index in [2.05, 4.69) is 0 Å². The lowest BCUT2D eigenvalue weighted by molar-refractivity contribution is -0.137. The Labute approximate surface area is 83.7 Å². The van der Waals surface area contributed by atoms with Crippen LogP contribution in [-0.4, -0.2) is 12.4 Å². The van der Waals surface area contributed by atoms with E-state index in [-0.39, 0.29) is 30.1 Å². The smallest absolute Gasteiger partial charge is 0.416 e. The maximum atomic E-state index is 12.3. The van der Waals surface area contributed by atoms with Crippen molar-refractivity contribution in [3.63, 3.8) is 0 Å². The summed E-state index contributed by atoms with van der Waals surface area (Å²) in [6.45, 7) is 0.233. The van der Waals surface area contributed by atoms with E-state index in [9.17, 15) is 18.0 Å². The van der Waals surface area contributed by atoms with Crippen molar-refractivity contribution in [2.75, 3.05) is 6.61 Å². The van der Waals surface area contributed by atoms with Gasteiger partial charge >= 0.3 is 6.18 Å². The Morgan fingerprint density at radius 1 is 1.27 bits per heavy atom. The highest BCUT2D eigenvalue weighted by atomic mass is 19.4. The highest BCUT2D eigenvalue weighted by Gasteiger charge is 2.32. The van der Waals surface area contributed by atoms with Crippen molar-refractivity contribution >= 4 is 5.78 Å². The second kappa shape index (κ2) is 3.25. The normalized spacial score (nSPS) is 15.8. The van der Waals surface area contributed by atoms with Gasteiger partial charge in [-0.25, -0.2) is 0 Å². The molecule has 1 aliphatic rings. The molecule has 0 radical (unpaired) electrons. The van der Waals surface area contributed by atoms with E-state index in [0.717, 1.165) is 12.1 Å². The third-order valence-electron chi connectivity index (χ3n) is 2.19. The van der Waals surface area contributed by atoms with Crippen LogP contribution in [0, 0.1) is 0 Å². The summed E-state index contributed by atoms with van der Waals surface area (Å²) in [6, 6.07) is 2.95. The van der Waals surface area contributed by atoms with Crippen LogP contribution in [0.2, 0.25) is 0 Å². The molecule has 1 aromatic rings. The van der Waals surface area contributed by atoms with Crippen molar-refractivity contribution in [1.82, 2.24) is 0 Å². The van der Waals surface area contributed by atoms with Crippen molar-refractivity contribution in [3.8, 4) is 5.75 Å². The predicted molar refractivity (Wildman–Crippen MR) is 45.9 cm³/mol. The van der Waals surface area contributed by atoms with Crippen LogP contribution in [0.15, 0.2) is 18.2 Å². The maximum absolute atomic E-state index is 12.3. The quantitative estimate of drug-likeness (QED) is 0.666. The second-order valence-electron chi connectivity index (χ2n) is 3.23. The molecule has 5 heteroatoms. The molecule has 0 saturated heterocycles. The summed E-state index contributed by atoms with van der Waals surface area (Å²) >= 11 is 0. The summed E-state index contributed by atoms with van der Waals surface area (Å²) in [7, 11) is 0. The van der Waals surface area contributed by atoms with Crippen molar-refractivity contribution in [2.45, 2.75) is 12.6 Å². The molecule has 0 spiro atoms. The Hall–Kier alpha value is -1.52. The molecule has 0 atom stereocenters. The van der Waals surface area contributed by atoms with Gasteiger partial charge in [-0.15, -0.1) is 0 Å². The third-order valence-corrected chi connectivity index (χ3v) is 2.19. The van der Waals surface area contributed by atoms with Gasteiger partial charge in [0.1, 0.15) is 5.75 Å². The summed E-state index contributed by atoms with van der Waals surface area (Å²) in [6.07, 6.45) is -4.29. The number of benzene rings is 1. The van der Waals surface area contributed by atoms with Gasteiger partial charge in [0.2, 0.25) is 0 Å². The van der Waals surface area contributed by atoms with Crippen LogP contribution in [0.25, 0.3) is 0 Å². The first-order valence-electron chi connectivity index (χ1n) is 4.36. The molecule has 2 rings (SSSR count). The van der Waals surface area contributed by atoms with Gasteiger partial charge < -0.3 is 4.74 Å². The Morgan fingerprint density at radius 2 is 2.00 bits per heavy atom. The average Bonchev–Trinajstić information content (AvgIpc) is 2.16. The van der Waals surface area contributed by atoms with Crippen molar-refractivity contribution in [2.24, 2.45) is 0 Å². The molecule has 1 aromatic carbocycles. The molecule has 0 aliphatic carbocycles. The van der Waals surface area contributed by atoms with Crippen LogP contribution < -0.4 is 4.74 Å². The number of hydrogen-bond donors (Lipinski definition) is 0. The number of halogens is 3. The Morgan fingerprint density at radius 3 is 2.67 bits per heavy atom. The Bertz CT molecular complexity index is 410. The van der Waals surface area contributed by atoms with Gasteiger partial charge in [-0.05, 0) is 18.2 Å². The lowest BCUT2D eigenvalue weighted by Crippen LogP contribution is -2.16. The fourth-order valence-electron chi connectivity index (χ4n) is 1.44. The van der Waals surface area contributed by atoms with Crippen LogP contribution in [-0.2, 0) is 6.18 Å². The van der Waals surface area contributed by atoms with E-state index in [4.69, 9.17) is 4.74 Å². The lowest BCUT2D eigenvalue weighted by Gasteiger charge is -2.17. The zero-order valence-corrected chi connectivity index (χ0v) is 7.60. The zero-order valence-electron chi connectivity index (χ0n) is 7.60. The molecule has 80 valence electrons. The summed E-state index contributed by atoms with van der Waals surface area (Å²) in [4.78, 5) is 11.3. The van der Waals surface area contributed by atoms with E-state index < -0.39 is 11.7 Å². The average molecular weight is 216 g/mol. The Kier molecular flexibility index (Phi) is 2.17. The first kappa shape index (κ1) is 10.0. The van der Waals surface area contributed by atoms with Crippen molar-refractivity contribution in [3.05, 3.63) is 29.3 Å². The number of ether oxygens (including phenoxy) is 1. The minimum atomic E-state index is -4.42. The van der Waals surface area contributed by atoms with E-state index in [1.54, 1.807) is 0 Å². The van der Waals surface area contributed by atoms with E-state index >= 15 is 0 Å². The molecule has 1 heterocycles. The van der Waals surface area contributed by atoms with Crippen LogP contribution in [0.5, 0.6) is 5.75 Å². The SMILES string of the molecule is O=C1CCOc2ccc(C(F)(F)F)cc21. The summed E-state index contributed by atoms with van der Waals surface area (Å²) in [5.74, 6) is -0.0680. The molecule has 0 fully saturated rings. The molecule has 0 aromatic heterocycles. The molecule has 2 nitrogen and oxygen atoms in total. The van der Waals surface area contributed by atoms with Crippen molar-refractivity contribution in [1.29, 1.82) is 0 Å². The summed E-state index contributed by atoms with van der Waals surface area (Å²) < 4.78 is 42.1. The summed E-state index contributed by atoms with van der Waals surface area (Å²) in [5.41, 5.74) is -0.795. The molecule has 0 unspecified atom stereocenters. The minimum Gasteiger partial charge on any atom is -0.492 e. The van der Waals surface area contributed by atoms with Crippen LogP contribution >= 0.6 is 0 Å². The van der Waals surface area contributed by atoms with Gasteiger partial charge in [-0.2, -0.15) is 13.2 Å². The number of carbonyl (C=O) groups is 1. The maximum Gasteiger partial charge on any atom is 0.416 e. The van der Waals surface area contributed by atoms with Crippen LogP contribution in [0.1, 0.15) is 22.3 Å². The minimum absolute atomic E-state index is 0.0241. The summed E-state index contributed by atoms with van der Waals surface area (Å²) in [5, 5.41) is 0. The number of carbonyl (C=O) groups excluding carboxylic acids is 1. The predicted octanol–water partition coefficient (Wildman–Crippen LogP) is 2.67. The topological polar surface area (TPSA) is 26.3 Å². The van der Waals surface area contributed by atoms with Gasteiger partial charge in [-0.3, -0.25) is 4.79 Å². The molecule has 0 amide bonds. The van der Waals surface area contributed by atoms with Gasteiger partial charge in [0, 0.05) is 6.42 Å². The fraction of sp³-hybridized carbons (Fsp3) is 0.300.